The number of H-pyrrole nitrogens is 1. The Morgan fingerprint density at radius 1 is 1.19 bits per heavy atom. The van der Waals surface area contributed by atoms with Crippen molar-refractivity contribution < 1.29 is 14.3 Å². The van der Waals surface area contributed by atoms with E-state index in [4.69, 9.17) is 4.74 Å². The molecule has 9 heteroatoms. The Labute approximate surface area is 154 Å². The van der Waals surface area contributed by atoms with Crippen LogP contribution in [0.2, 0.25) is 0 Å². The molecule has 0 aliphatic heterocycles. The molecule has 9 nitrogen and oxygen atoms in total. The van der Waals surface area contributed by atoms with Crippen LogP contribution in [0.4, 0.5) is 0 Å². The molecule has 0 aliphatic rings. The lowest BCUT2D eigenvalue weighted by molar-refractivity contribution is -0.121. The first-order valence-corrected chi connectivity index (χ1v) is 8.30. The third kappa shape index (κ3) is 4.39. The number of nitrogens with one attached hydrogen (secondary N) is 3. The third-order valence-electron chi connectivity index (χ3n) is 3.95. The van der Waals surface area contributed by atoms with E-state index >= 15 is 0 Å². The Morgan fingerprint density at radius 2 is 2.00 bits per heavy atom. The molecule has 3 aromatic rings. The van der Waals surface area contributed by atoms with Crippen LogP contribution in [-0.4, -0.2) is 40.3 Å². The van der Waals surface area contributed by atoms with Crippen LogP contribution >= 0.6 is 0 Å². The van der Waals surface area contributed by atoms with Gasteiger partial charge in [-0.1, -0.05) is 18.2 Å². The van der Waals surface area contributed by atoms with Crippen LogP contribution in [0.3, 0.4) is 0 Å². The smallest absolute Gasteiger partial charge is 0.290 e. The Morgan fingerprint density at radius 3 is 2.81 bits per heavy atom. The molecule has 3 rings (SSSR count). The number of aromatic nitrogens is 3. The van der Waals surface area contributed by atoms with Crippen LogP contribution in [0, 0.1) is 0 Å². The molecule has 0 bridgehead atoms. The molecule has 3 N–H and O–H groups in total. The maximum absolute atomic E-state index is 12.2. The van der Waals surface area contributed by atoms with E-state index in [0.29, 0.717) is 6.61 Å². The topological polar surface area (TPSA) is 118 Å². The molecule has 2 aromatic heterocycles. The Kier molecular flexibility index (Phi) is 5.62. The lowest BCUT2D eigenvalue weighted by atomic mass is 10.1. The van der Waals surface area contributed by atoms with Crippen LogP contribution in [0.15, 0.2) is 47.4 Å². The van der Waals surface area contributed by atoms with E-state index in [1.54, 1.807) is 6.20 Å². The second kappa shape index (κ2) is 8.28. The molecule has 0 unspecified atom stereocenters. The Balaban J connectivity index is 1.60. The highest BCUT2D eigenvalue weighted by atomic mass is 16.5. The molecule has 0 radical (unpaired) electrons. The number of hydrogen-bond donors (Lipinski definition) is 3. The van der Waals surface area contributed by atoms with Crippen molar-refractivity contribution in [1.82, 2.24) is 25.6 Å². The Hall–Kier alpha value is -3.46. The molecule has 1 aromatic carbocycles. The summed E-state index contributed by atoms with van der Waals surface area (Å²) in [6, 6.07) is 10.2. The molecule has 0 aliphatic carbocycles. The standard InChI is InChI=1S/C18H19N5O4/c1-27-9-8-23-17(25)7-6-15(22-23)18(26)21-20-16(24)10-12-11-19-14-5-3-2-4-13(12)14/h2-7,11,19H,8-10H2,1H3,(H,20,24)(H,21,26). The van der Waals surface area contributed by atoms with Gasteiger partial charge in [-0.15, -0.1) is 0 Å². The van der Waals surface area contributed by atoms with E-state index in [1.165, 1.54) is 19.2 Å². The minimum Gasteiger partial charge on any atom is -0.383 e. The number of carbonyl (C=O) groups excluding carboxylic acids is 2. The third-order valence-corrected chi connectivity index (χ3v) is 3.95. The van der Waals surface area contributed by atoms with Crippen molar-refractivity contribution in [3.05, 3.63) is 64.2 Å². The number of methoxy groups -OCH3 is 1. The van der Waals surface area contributed by atoms with Gasteiger partial charge in [0.15, 0.2) is 5.69 Å². The fourth-order valence-electron chi connectivity index (χ4n) is 2.59. The van der Waals surface area contributed by atoms with Gasteiger partial charge in [0.05, 0.1) is 19.6 Å². The second-order valence-corrected chi connectivity index (χ2v) is 5.81. The van der Waals surface area contributed by atoms with Gasteiger partial charge in [0.2, 0.25) is 5.91 Å². The summed E-state index contributed by atoms with van der Waals surface area (Å²) in [5.41, 5.74) is 6.09. The Bertz CT molecular complexity index is 1020. The number of ether oxygens (including phenoxy) is 1. The molecule has 0 fully saturated rings. The van der Waals surface area contributed by atoms with Gasteiger partial charge < -0.3 is 9.72 Å². The molecule has 0 saturated carbocycles. The normalized spacial score (nSPS) is 10.7. The number of rotatable bonds is 6. The molecule has 27 heavy (non-hydrogen) atoms. The number of amides is 2. The highest BCUT2D eigenvalue weighted by Crippen LogP contribution is 2.17. The van der Waals surface area contributed by atoms with Gasteiger partial charge in [-0.2, -0.15) is 5.10 Å². The van der Waals surface area contributed by atoms with E-state index < -0.39 is 5.91 Å². The summed E-state index contributed by atoms with van der Waals surface area (Å²) in [6.45, 7) is 0.517. The molecule has 2 amide bonds. The maximum Gasteiger partial charge on any atom is 0.290 e. The minimum absolute atomic E-state index is 0.0121. The van der Waals surface area contributed by atoms with Crippen molar-refractivity contribution in [3.63, 3.8) is 0 Å². The van der Waals surface area contributed by atoms with Gasteiger partial charge in [0.1, 0.15) is 0 Å². The fourth-order valence-corrected chi connectivity index (χ4v) is 2.59. The predicted octanol–water partition coefficient (Wildman–Crippen LogP) is 0.375. The zero-order valence-corrected chi connectivity index (χ0v) is 14.7. The second-order valence-electron chi connectivity index (χ2n) is 5.81. The lowest BCUT2D eigenvalue weighted by Gasteiger charge is -2.08. The van der Waals surface area contributed by atoms with Crippen molar-refractivity contribution in [3.8, 4) is 0 Å². The summed E-state index contributed by atoms with van der Waals surface area (Å²) in [4.78, 5) is 39.1. The highest BCUT2D eigenvalue weighted by molar-refractivity contribution is 5.94. The monoisotopic (exact) mass is 369 g/mol. The number of hydrazine groups is 1. The van der Waals surface area contributed by atoms with Gasteiger partial charge in [0, 0.05) is 30.3 Å². The van der Waals surface area contributed by atoms with Gasteiger partial charge in [-0.05, 0) is 17.7 Å². The molecule has 0 atom stereocenters. The quantitative estimate of drug-likeness (QED) is 0.543. The van der Waals surface area contributed by atoms with E-state index in [2.05, 4.69) is 20.9 Å². The average Bonchev–Trinajstić information content (AvgIpc) is 3.08. The highest BCUT2D eigenvalue weighted by Gasteiger charge is 2.12. The molecule has 140 valence electrons. The van der Waals surface area contributed by atoms with Crippen LogP contribution in [0.1, 0.15) is 16.1 Å². The number of para-hydroxylation sites is 1. The SMILES string of the molecule is COCCn1nc(C(=O)NNC(=O)Cc2c[nH]c3ccccc23)ccc1=O. The van der Waals surface area contributed by atoms with Crippen molar-refractivity contribution in [2.45, 2.75) is 13.0 Å². The van der Waals surface area contributed by atoms with E-state index in [9.17, 15) is 14.4 Å². The lowest BCUT2D eigenvalue weighted by Crippen LogP contribution is -2.43. The van der Waals surface area contributed by atoms with E-state index in [0.717, 1.165) is 21.1 Å². The number of hydrogen-bond acceptors (Lipinski definition) is 5. The number of carbonyl (C=O) groups is 2. The first-order valence-electron chi connectivity index (χ1n) is 8.30. The van der Waals surface area contributed by atoms with Gasteiger partial charge in [0.25, 0.3) is 11.5 Å². The van der Waals surface area contributed by atoms with E-state index in [-0.39, 0.29) is 30.1 Å². The van der Waals surface area contributed by atoms with Gasteiger partial charge >= 0.3 is 0 Å². The summed E-state index contributed by atoms with van der Waals surface area (Å²) in [6.07, 6.45) is 1.87. The van der Waals surface area contributed by atoms with Crippen molar-refractivity contribution in [1.29, 1.82) is 0 Å². The first-order chi connectivity index (χ1) is 13.1. The van der Waals surface area contributed by atoms with Gasteiger partial charge in [-0.3, -0.25) is 25.2 Å². The van der Waals surface area contributed by atoms with Crippen LogP contribution < -0.4 is 16.4 Å². The summed E-state index contributed by atoms with van der Waals surface area (Å²) in [5, 5.41) is 4.91. The van der Waals surface area contributed by atoms with Crippen LogP contribution in [0.5, 0.6) is 0 Å². The van der Waals surface area contributed by atoms with Gasteiger partial charge in [-0.25, -0.2) is 4.68 Å². The number of fused-ring (bicyclic) bond motifs is 1. The van der Waals surface area contributed by atoms with Crippen LogP contribution in [0.25, 0.3) is 10.9 Å². The molecule has 0 spiro atoms. The van der Waals surface area contributed by atoms with Crippen molar-refractivity contribution >= 4 is 22.7 Å². The van der Waals surface area contributed by atoms with Crippen molar-refractivity contribution in [2.75, 3.05) is 13.7 Å². The molecule has 0 saturated heterocycles. The largest absolute Gasteiger partial charge is 0.383 e. The first kappa shape index (κ1) is 18.3. The van der Waals surface area contributed by atoms with Crippen LogP contribution in [-0.2, 0) is 22.5 Å². The minimum atomic E-state index is -0.617. The van der Waals surface area contributed by atoms with E-state index in [1.807, 2.05) is 24.3 Å². The number of aromatic amines is 1. The fraction of sp³-hybridized carbons (Fsp3) is 0.222. The molecule has 2 heterocycles. The molecular weight excluding hydrogens is 350 g/mol. The predicted molar refractivity (Wildman–Crippen MR) is 98.0 cm³/mol. The summed E-state index contributed by atoms with van der Waals surface area (Å²) >= 11 is 0. The molecular formula is C18H19N5O4. The summed E-state index contributed by atoms with van der Waals surface area (Å²) < 4.78 is 6.03. The summed E-state index contributed by atoms with van der Waals surface area (Å²) in [7, 11) is 1.50. The zero-order chi connectivity index (χ0) is 19.2. The number of benzene rings is 1. The summed E-state index contributed by atoms with van der Waals surface area (Å²) in [5.74, 6) is -0.991. The number of nitrogens with zero attached hydrogens (tertiary/aromatic N) is 2. The average molecular weight is 369 g/mol. The van der Waals surface area contributed by atoms with Crippen molar-refractivity contribution in [2.24, 2.45) is 0 Å². The zero-order valence-electron chi connectivity index (χ0n) is 14.7. The maximum atomic E-state index is 12.2.